The number of rotatable bonds is 2. The maximum absolute atomic E-state index is 11.9. The highest BCUT2D eigenvalue weighted by atomic mass is 16.5. The zero-order chi connectivity index (χ0) is 14.9. The van der Waals surface area contributed by atoms with Crippen molar-refractivity contribution in [1.29, 1.82) is 0 Å². The van der Waals surface area contributed by atoms with Crippen molar-refractivity contribution in [3.05, 3.63) is 29.8 Å². The molecule has 0 fully saturated rings. The molecule has 1 aliphatic rings. The number of ether oxygens (including phenoxy) is 1. The predicted octanol–water partition coefficient (Wildman–Crippen LogP) is 2.70. The van der Waals surface area contributed by atoms with Gasteiger partial charge < -0.3 is 15.4 Å². The third kappa shape index (κ3) is 2.82. The topological polar surface area (TPSA) is 67.4 Å². The third-order valence-electron chi connectivity index (χ3n) is 2.85. The van der Waals surface area contributed by atoms with Gasteiger partial charge in [0.1, 0.15) is 11.4 Å². The minimum atomic E-state index is -0.921. The van der Waals surface area contributed by atoms with Gasteiger partial charge in [-0.05, 0) is 39.8 Å². The Morgan fingerprint density at radius 3 is 2.70 bits per heavy atom. The first-order valence-corrected chi connectivity index (χ1v) is 6.39. The molecule has 1 aromatic rings. The molecule has 1 aliphatic heterocycles. The average molecular weight is 274 g/mol. The first kappa shape index (κ1) is 14.1. The minimum absolute atomic E-state index is 0.238. The number of para-hydroxylation sites is 1. The number of hydrogen-bond acceptors (Lipinski definition) is 3. The smallest absolute Gasteiger partial charge is 0.268 e. The van der Waals surface area contributed by atoms with Gasteiger partial charge in [0.05, 0.1) is 5.69 Å². The highest BCUT2D eigenvalue weighted by Crippen LogP contribution is 2.38. The Morgan fingerprint density at radius 1 is 1.35 bits per heavy atom. The van der Waals surface area contributed by atoms with Gasteiger partial charge in [0, 0.05) is 6.08 Å². The van der Waals surface area contributed by atoms with Crippen LogP contribution in [-0.4, -0.2) is 17.4 Å². The molecule has 2 N–H and O–H groups in total. The summed E-state index contributed by atoms with van der Waals surface area (Å²) < 4.78 is 5.66. The van der Waals surface area contributed by atoms with Crippen LogP contribution in [0.4, 0.5) is 11.4 Å². The summed E-state index contributed by atoms with van der Waals surface area (Å²) in [5.41, 5.74) is 0.991. The van der Waals surface area contributed by atoms with Crippen LogP contribution >= 0.6 is 0 Å². The van der Waals surface area contributed by atoms with E-state index in [1.54, 1.807) is 32.0 Å². The van der Waals surface area contributed by atoms with Crippen molar-refractivity contribution in [1.82, 2.24) is 0 Å². The number of nitrogens with one attached hydrogen (secondary N) is 2. The fraction of sp³-hybridized carbons (Fsp3) is 0.333. The molecular weight excluding hydrogens is 256 g/mol. The predicted molar refractivity (Wildman–Crippen MR) is 77.8 cm³/mol. The van der Waals surface area contributed by atoms with Gasteiger partial charge >= 0.3 is 0 Å². The van der Waals surface area contributed by atoms with E-state index in [-0.39, 0.29) is 11.8 Å². The van der Waals surface area contributed by atoms with E-state index in [1.807, 2.05) is 13.8 Å². The van der Waals surface area contributed by atoms with E-state index in [4.69, 9.17) is 4.74 Å². The third-order valence-corrected chi connectivity index (χ3v) is 2.85. The second kappa shape index (κ2) is 5.00. The lowest BCUT2D eigenvalue weighted by molar-refractivity contribution is -0.129. The molecule has 0 spiro atoms. The second-order valence-electron chi connectivity index (χ2n) is 5.46. The van der Waals surface area contributed by atoms with E-state index in [2.05, 4.69) is 10.6 Å². The van der Waals surface area contributed by atoms with E-state index < -0.39 is 5.60 Å². The molecule has 0 saturated heterocycles. The van der Waals surface area contributed by atoms with Crippen LogP contribution in [-0.2, 0) is 9.59 Å². The Bertz CT molecular complexity index is 599. The van der Waals surface area contributed by atoms with Gasteiger partial charge in [-0.15, -0.1) is 0 Å². The van der Waals surface area contributed by atoms with Crippen molar-refractivity contribution < 1.29 is 14.3 Å². The van der Waals surface area contributed by atoms with Crippen LogP contribution in [0.5, 0.6) is 5.75 Å². The molecule has 2 amide bonds. The molecule has 0 bridgehead atoms. The number of benzene rings is 1. The molecule has 1 heterocycles. The molecule has 2 rings (SSSR count). The van der Waals surface area contributed by atoms with Gasteiger partial charge in [-0.2, -0.15) is 0 Å². The lowest BCUT2D eigenvalue weighted by Crippen LogP contribution is -2.45. The number of amides is 2. The first-order chi connectivity index (χ1) is 9.29. The summed E-state index contributed by atoms with van der Waals surface area (Å²) in [5, 5.41) is 5.52. The zero-order valence-electron chi connectivity index (χ0n) is 12.0. The Hall–Kier alpha value is -2.30. The van der Waals surface area contributed by atoms with E-state index in [0.717, 1.165) is 5.57 Å². The van der Waals surface area contributed by atoms with E-state index >= 15 is 0 Å². The summed E-state index contributed by atoms with van der Waals surface area (Å²) >= 11 is 0. The maximum Gasteiger partial charge on any atom is 0.268 e. The van der Waals surface area contributed by atoms with Crippen molar-refractivity contribution in [2.45, 2.75) is 33.3 Å². The fourth-order valence-corrected chi connectivity index (χ4v) is 1.87. The van der Waals surface area contributed by atoms with E-state index in [9.17, 15) is 9.59 Å². The average Bonchev–Trinajstić information content (AvgIpc) is 2.30. The van der Waals surface area contributed by atoms with Crippen LogP contribution in [0.25, 0.3) is 0 Å². The standard InChI is InChI=1S/C15H18N2O3/c1-9(2)8-12(18)16-10-6-5-7-11-13(10)17-14(19)15(3,4)20-11/h5-8H,1-4H3,(H,16,18)(H,17,19). The van der Waals surface area contributed by atoms with Crippen LogP contribution in [0.15, 0.2) is 29.8 Å². The van der Waals surface area contributed by atoms with Gasteiger partial charge in [-0.1, -0.05) is 11.6 Å². The summed E-state index contributed by atoms with van der Waals surface area (Å²) in [7, 11) is 0. The monoisotopic (exact) mass is 274 g/mol. The minimum Gasteiger partial charge on any atom is -0.476 e. The summed E-state index contributed by atoms with van der Waals surface area (Å²) in [6.45, 7) is 7.07. The summed E-state index contributed by atoms with van der Waals surface area (Å²) in [4.78, 5) is 23.7. The summed E-state index contributed by atoms with van der Waals surface area (Å²) in [5.74, 6) is 0.0657. The fourth-order valence-electron chi connectivity index (χ4n) is 1.87. The number of carbonyl (C=O) groups is 2. The van der Waals surface area contributed by atoms with Gasteiger partial charge in [0.25, 0.3) is 5.91 Å². The van der Waals surface area contributed by atoms with Gasteiger partial charge in [0.15, 0.2) is 5.60 Å². The van der Waals surface area contributed by atoms with Crippen molar-refractivity contribution in [3.63, 3.8) is 0 Å². The SMILES string of the molecule is CC(C)=CC(=O)Nc1cccc2c1NC(=O)C(C)(C)O2. The Kier molecular flexibility index (Phi) is 3.53. The highest BCUT2D eigenvalue weighted by Gasteiger charge is 2.36. The van der Waals surface area contributed by atoms with E-state index in [0.29, 0.717) is 17.1 Å². The Labute approximate surface area is 118 Å². The lowest BCUT2D eigenvalue weighted by Gasteiger charge is -2.32. The van der Waals surface area contributed by atoms with Crippen LogP contribution in [0.3, 0.4) is 0 Å². The van der Waals surface area contributed by atoms with Crippen molar-refractivity contribution >= 4 is 23.2 Å². The molecule has 0 aromatic heterocycles. The second-order valence-corrected chi connectivity index (χ2v) is 5.46. The molecule has 1 aromatic carbocycles. The molecule has 5 heteroatoms. The highest BCUT2D eigenvalue weighted by molar-refractivity contribution is 6.07. The van der Waals surface area contributed by atoms with Gasteiger partial charge in [-0.3, -0.25) is 9.59 Å². The summed E-state index contributed by atoms with van der Waals surface area (Å²) in [6.07, 6.45) is 1.49. The first-order valence-electron chi connectivity index (χ1n) is 6.39. The largest absolute Gasteiger partial charge is 0.476 e. The van der Waals surface area contributed by atoms with Crippen molar-refractivity contribution in [2.75, 3.05) is 10.6 Å². The molecular formula is C15H18N2O3. The number of anilines is 2. The molecule has 0 unspecified atom stereocenters. The van der Waals surface area contributed by atoms with Crippen LogP contribution in [0, 0.1) is 0 Å². The number of hydrogen-bond donors (Lipinski definition) is 2. The van der Waals surface area contributed by atoms with E-state index in [1.165, 1.54) is 6.08 Å². The molecule has 20 heavy (non-hydrogen) atoms. The van der Waals surface area contributed by atoms with Gasteiger partial charge in [-0.25, -0.2) is 0 Å². The molecule has 0 saturated carbocycles. The molecule has 0 aliphatic carbocycles. The summed E-state index contributed by atoms with van der Waals surface area (Å²) in [6, 6.07) is 5.25. The molecule has 5 nitrogen and oxygen atoms in total. The van der Waals surface area contributed by atoms with Crippen LogP contribution < -0.4 is 15.4 Å². The van der Waals surface area contributed by atoms with Crippen LogP contribution in [0.1, 0.15) is 27.7 Å². The quantitative estimate of drug-likeness (QED) is 0.815. The van der Waals surface area contributed by atoms with Crippen LogP contribution in [0.2, 0.25) is 0 Å². The molecule has 0 radical (unpaired) electrons. The lowest BCUT2D eigenvalue weighted by atomic mass is 10.1. The van der Waals surface area contributed by atoms with Crippen molar-refractivity contribution in [2.24, 2.45) is 0 Å². The Balaban J connectivity index is 2.32. The molecule has 0 atom stereocenters. The number of carbonyl (C=O) groups excluding carboxylic acids is 2. The van der Waals surface area contributed by atoms with Crippen molar-refractivity contribution in [3.8, 4) is 5.75 Å². The number of allylic oxidation sites excluding steroid dienone is 1. The maximum atomic E-state index is 11.9. The molecule has 106 valence electrons. The zero-order valence-corrected chi connectivity index (χ0v) is 12.0. The number of fused-ring (bicyclic) bond motifs is 1. The van der Waals surface area contributed by atoms with Gasteiger partial charge in [0.2, 0.25) is 5.91 Å². The normalized spacial score (nSPS) is 15.5. The Morgan fingerprint density at radius 2 is 2.05 bits per heavy atom.